The number of ether oxygens (including phenoxy) is 1. The summed E-state index contributed by atoms with van der Waals surface area (Å²) in [5.74, 6) is 0.148. The molecule has 1 aromatic carbocycles. The standard InChI is InChI=1S/C12H7Cl4NO3S/c13-9-3-8(21(16,18)19)4-10(14)12(9)20-6-7-1-2-17-5-11(7)15/h1-5H,6H2. The Hall–Kier alpha value is -0.720. The molecule has 0 N–H and O–H groups in total. The number of aromatic nitrogens is 1. The zero-order chi connectivity index (χ0) is 15.6. The molecule has 0 amide bonds. The number of benzene rings is 1. The van der Waals surface area contributed by atoms with Gasteiger partial charge >= 0.3 is 0 Å². The molecule has 0 aliphatic heterocycles. The molecule has 9 heteroatoms. The summed E-state index contributed by atoms with van der Waals surface area (Å²) in [6.45, 7) is 0.105. The summed E-state index contributed by atoms with van der Waals surface area (Å²) in [6, 6.07) is 4.01. The van der Waals surface area contributed by atoms with E-state index in [9.17, 15) is 8.42 Å². The molecule has 0 spiro atoms. The van der Waals surface area contributed by atoms with Gasteiger partial charge in [-0.15, -0.1) is 0 Å². The highest BCUT2D eigenvalue weighted by Crippen LogP contribution is 2.37. The van der Waals surface area contributed by atoms with Crippen LogP contribution in [0.1, 0.15) is 5.56 Å². The van der Waals surface area contributed by atoms with E-state index in [1.54, 1.807) is 12.3 Å². The Morgan fingerprint density at radius 1 is 1.10 bits per heavy atom. The molecule has 112 valence electrons. The van der Waals surface area contributed by atoms with Crippen molar-refractivity contribution < 1.29 is 13.2 Å². The first-order valence-corrected chi connectivity index (χ1v) is 8.88. The Bertz CT molecular complexity index is 757. The minimum absolute atomic E-state index is 0.0342. The molecule has 0 fully saturated rings. The molecule has 1 aromatic heterocycles. The summed E-state index contributed by atoms with van der Waals surface area (Å²) in [7, 11) is 1.32. The van der Waals surface area contributed by atoms with E-state index in [0.717, 1.165) is 0 Å². The predicted octanol–water partition coefficient (Wildman–Crippen LogP) is 4.55. The summed E-state index contributed by atoms with van der Waals surface area (Å²) in [5, 5.41) is 0.503. The molecule has 0 bridgehead atoms. The lowest BCUT2D eigenvalue weighted by atomic mass is 10.3. The molecule has 1 heterocycles. The van der Waals surface area contributed by atoms with Crippen molar-refractivity contribution >= 4 is 54.5 Å². The minimum Gasteiger partial charge on any atom is -0.486 e. The summed E-state index contributed by atoms with van der Waals surface area (Å²) < 4.78 is 28.0. The molecule has 0 radical (unpaired) electrons. The number of halogens is 4. The van der Waals surface area contributed by atoms with Gasteiger partial charge in [0.2, 0.25) is 0 Å². The average Bonchev–Trinajstić information content (AvgIpc) is 2.38. The summed E-state index contributed by atoms with van der Waals surface area (Å²) in [4.78, 5) is 3.65. The van der Waals surface area contributed by atoms with E-state index >= 15 is 0 Å². The summed E-state index contributed by atoms with van der Waals surface area (Å²) in [5.41, 5.74) is 0.688. The van der Waals surface area contributed by atoms with Crippen molar-refractivity contribution in [3.63, 3.8) is 0 Å². The van der Waals surface area contributed by atoms with Crippen molar-refractivity contribution in [3.8, 4) is 5.75 Å². The highest BCUT2D eigenvalue weighted by Gasteiger charge is 2.17. The fourth-order valence-electron chi connectivity index (χ4n) is 1.49. The van der Waals surface area contributed by atoms with Gasteiger partial charge in [-0.2, -0.15) is 0 Å². The van der Waals surface area contributed by atoms with Gasteiger partial charge in [-0.05, 0) is 18.2 Å². The van der Waals surface area contributed by atoms with Crippen LogP contribution in [0.25, 0.3) is 0 Å². The molecule has 21 heavy (non-hydrogen) atoms. The lowest BCUT2D eigenvalue weighted by Gasteiger charge is -2.11. The summed E-state index contributed by atoms with van der Waals surface area (Å²) in [6.07, 6.45) is 3.05. The molecule has 0 aliphatic rings. The van der Waals surface area contributed by atoms with Gasteiger partial charge < -0.3 is 4.74 Å². The van der Waals surface area contributed by atoms with Gasteiger partial charge in [-0.25, -0.2) is 8.42 Å². The Morgan fingerprint density at radius 3 is 2.24 bits per heavy atom. The van der Waals surface area contributed by atoms with Crippen molar-refractivity contribution in [1.29, 1.82) is 0 Å². The first-order chi connectivity index (χ1) is 9.79. The molecule has 0 aliphatic carbocycles. The number of rotatable bonds is 4. The molecule has 2 aromatic rings. The van der Waals surface area contributed by atoms with Crippen molar-refractivity contribution in [1.82, 2.24) is 4.98 Å². The Morgan fingerprint density at radius 2 is 1.71 bits per heavy atom. The minimum atomic E-state index is -3.92. The third kappa shape index (κ3) is 4.14. The zero-order valence-electron chi connectivity index (χ0n) is 10.2. The van der Waals surface area contributed by atoms with Gasteiger partial charge in [-0.3, -0.25) is 4.98 Å². The van der Waals surface area contributed by atoms with Crippen LogP contribution in [0.4, 0.5) is 0 Å². The van der Waals surface area contributed by atoms with Gasteiger partial charge in [0.15, 0.2) is 5.75 Å². The molecule has 2 rings (SSSR count). The van der Waals surface area contributed by atoms with Crippen LogP contribution in [0, 0.1) is 0 Å². The van der Waals surface area contributed by atoms with Crippen LogP contribution < -0.4 is 4.74 Å². The maximum Gasteiger partial charge on any atom is 0.261 e. The van der Waals surface area contributed by atoms with Crippen LogP contribution in [-0.2, 0) is 15.7 Å². The number of hydrogen-bond acceptors (Lipinski definition) is 4. The van der Waals surface area contributed by atoms with Crippen molar-refractivity contribution in [2.75, 3.05) is 0 Å². The second kappa shape index (κ2) is 6.58. The van der Waals surface area contributed by atoms with E-state index in [0.29, 0.717) is 10.6 Å². The van der Waals surface area contributed by atoms with Crippen molar-refractivity contribution in [2.45, 2.75) is 11.5 Å². The normalized spacial score (nSPS) is 11.4. The monoisotopic (exact) mass is 385 g/mol. The van der Waals surface area contributed by atoms with Crippen LogP contribution in [0.2, 0.25) is 15.1 Å². The highest BCUT2D eigenvalue weighted by molar-refractivity contribution is 8.13. The molecular weight excluding hydrogens is 380 g/mol. The van der Waals surface area contributed by atoms with E-state index in [4.69, 9.17) is 50.2 Å². The Balaban J connectivity index is 2.28. The second-order valence-corrected chi connectivity index (χ2v) is 7.70. The summed E-state index contributed by atoms with van der Waals surface area (Å²) >= 11 is 17.9. The van der Waals surface area contributed by atoms with Crippen molar-refractivity contribution in [3.05, 3.63) is 51.2 Å². The predicted molar refractivity (Wildman–Crippen MR) is 83.1 cm³/mol. The quantitative estimate of drug-likeness (QED) is 0.723. The topological polar surface area (TPSA) is 56.3 Å². The number of hydrogen-bond donors (Lipinski definition) is 0. The smallest absolute Gasteiger partial charge is 0.261 e. The molecule has 0 saturated heterocycles. The van der Waals surface area contributed by atoms with Gasteiger partial charge in [0, 0.05) is 28.6 Å². The van der Waals surface area contributed by atoms with E-state index in [-0.39, 0.29) is 27.3 Å². The Labute approximate surface area is 141 Å². The van der Waals surface area contributed by atoms with E-state index in [1.165, 1.54) is 18.3 Å². The third-order valence-corrected chi connectivity index (χ3v) is 4.72. The first-order valence-electron chi connectivity index (χ1n) is 5.44. The van der Waals surface area contributed by atoms with Crippen LogP contribution in [-0.4, -0.2) is 13.4 Å². The van der Waals surface area contributed by atoms with Gasteiger partial charge in [0.05, 0.1) is 20.0 Å². The second-order valence-electron chi connectivity index (χ2n) is 3.91. The van der Waals surface area contributed by atoms with E-state index in [1.807, 2.05) is 0 Å². The average molecular weight is 387 g/mol. The lowest BCUT2D eigenvalue weighted by molar-refractivity contribution is 0.306. The van der Waals surface area contributed by atoms with Crippen LogP contribution in [0.3, 0.4) is 0 Å². The SMILES string of the molecule is O=S(=O)(Cl)c1cc(Cl)c(OCc2ccncc2Cl)c(Cl)c1. The number of nitrogens with zero attached hydrogens (tertiary/aromatic N) is 1. The van der Waals surface area contributed by atoms with Gasteiger partial charge in [0.1, 0.15) is 6.61 Å². The highest BCUT2D eigenvalue weighted by atomic mass is 35.7. The third-order valence-electron chi connectivity index (χ3n) is 2.48. The van der Waals surface area contributed by atoms with Gasteiger partial charge in [-0.1, -0.05) is 34.8 Å². The van der Waals surface area contributed by atoms with Crippen LogP contribution >= 0.6 is 45.5 Å². The van der Waals surface area contributed by atoms with Crippen molar-refractivity contribution in [2.24, 2.45) is 0 Å². The molecule has 4 nitrogen and oxygen atoms in total. The van der Waals surface area contributed by atoms with E-state index in [2.05, 4.69) is 4.98 Å². The molecule has 0 unspecified atom stereocenters. The number of pyridine rings is 1. The maximum absolute atomic E-state index is 11.3. The first kappa shape index (κ1) is 16.6. The zero-order valence-corrected chi connectivity index (χ0v) is 14.0. The largest absolute Gasteiger partial charge is 0.486 e. The van der Waals surface area contributed by atoms with Crippen LogP contribution in [0.5, 0.6) is 5.75 Å². The molecular formula is C12H7Cl4NO3S. The van der Waals surface area contributed by atoms with E-state index < -0.39 is 9.05 Å². The lowest BCUT2D eigenvalue weighted by Crippen LogP contribution is -1.99. The molecule has 0 atom stereocenters. The fourth-order valence-corrected chi connectivity index (χ4v) is 3.17. The Kier molecular flexibility index (Phi) is 5.22. The fraction of sp³-hybridized carbons (Fsp3) is 0.0833. The maximum atomic E-state index is 11.3. The molecule has 0 saturated carbocycles. The van der Waals surface area contributed by atoms with Gasteiger partial charge in [0.25, 0.3) is 9.05 Å². The van der Waals surface area contributed by atoms with Crippen LogP contribution in [0.15, 0.2) is 35.5 Å².